The summed E-state index contributed by atoms with van der Waals surface area (Å²) >= 11 is 0. The van der Waals surface area contributed by atoms with Crippen LogP contribution in [0.15, 0.2) is 194 Å². The van der Waals surface area contributed by atoms with E-state index in [1.165, 1.54) is 116 Å². The summed E-state index contributed by atoms with van der Waals surface area (Å²) in [6.45, 7) is 0. The Hall–Kier alpha value is -6.44. The van der Waals surface area contributed by atoms with Gasteiger partial charge in [0.1, 0.15) is 0 Å². The van der Waals surface area contributed by atoms with Crippen LogP contribution < -0.4 is 4.90 Å². The number of nitrogens with zero attached hydrogens (tertiary/aromatic N) is 1. The van der Waals surface area contributed by atoms with E-state index in [1.54, 1.807) is 5.56 Å². The smallest absolute Gasteiger partial charge is 0.0540 e. The number of rotatable bonds is 7. The first-order chi connectivity index (χ1) is 29.1. The van der Waals surface area contributed by atoms with E-state index in [0.717, 1.165) is 23.4 Å². The highest BCUT2D eigenvalue weighted by atomic mass is 15.1. The van der Waals surface area contributed by atoms with E-state index in [4.69, 9.17) is 0 Å². The van der Waals surface area contributed by atoms with E-state index in [-0.39, 0.29) is 0 Å². The fraction of sp³-hybridized carbons (Fsp3) is 0.172. The molecule has 0 spiro atoms. The second kappa shape index (κ2) is 13.8. The molecule has 1 nitrogen and oxygen atoms in total. The standard InChI is InChI=1S/C58H47N/c1-2-9-42(10-3-1)45-17-19-48-35-46(18-20-47(48)34-45)43-21-25-50(26-22-43)59(51-27-23-49(24-28-51)58-36-39-31-40(37-58)33-41(32-39)38-58)57-30-29-55(54-14-6-7-15-56(54)57)53-16-8-12-44-11-4-5-13-52(44)53/h1-30,34-35,39-41H,31-33,36-38H2. The van der Waals surface area contributed by atoms with Crippen LogP contribution in [0.4, 0.5) is 17.1 Å². The third kappa shape index (κ3) is 5.98. The van der Waals surface area contributed by atoms with Gasteiger partial charge in [0.15, 0.2) is 0 Å². The summed E-state index contributed by atoms with van der Waals surface area (Å²) in [5.74, 6) is 2.78. The lowest BCUT2D eigenvalue weighted by Crippen LogP contribution is -2.48. The maximum absolute atomic E-state index is 2.49. The number of hydrogen-bond donors (Lipinski definition) is 0. The molecule has 4 aliphatic rings. The Morgan fingerprint density at radius 3 is 1.53 bits per heavy atom. The summed E-state index contributed by atoms with van der Waals surface area (Å²) < 4.78 is 0. The van der Waals surface area contributed by atoms with E-state index < -0.39 is 0 Å². The van der Waals surface area contributed by atoms with E-state index in [2.05, 4.69) is 199 Å². The second-order valence-electron chi connectivity index (χ2n) is 18.0. The van der Waals surface area contributed by atoms with Crippen molar-refractivity contribution in [1.82, 2.24) is 0 Å². The first-order valence-corrected chi connectivity index (χ1v) is 21.7. The Morgan fingerprint density at radius 1 is 0.356 bits per heavy atom. The molecular weight excluding hydrogens is 711 g/mol. The first kappa shape index (κ1) is 34.6. The normalized spacial score (nSPS) is 20.7. The van der Waals surface area contributed by atoms with Gasteiger partial charge in [-0.2, -0.15) is 0 Å². The average molecular weight is 758 g/mol. The van der Waals surface area contributed by atoms with Gasteiger partial charge in [-0.3, -0.25) is 0 Å². The molecule has 0 aromatic heterocycles. The Kier molecular flexibility index (Phi) is 8.12. The van der Waals surface area contributed by atoms with E-state index in [1.807, 2.05) is 0 Å². The monoisotopic (exact) mass is 757 g/mol. The highest BCUT2D eigenvalue weighted by molar-refractivity contribution is 6.10. The van der Waals surface area contributed by atoms with Crippen molar-refractivity contribution >= 4 is 49.4 Å². The molecule has 9 aromatic carbocycles. The molecule has 13 rings (SSSR count). The summed E-state index contributed by atoms with van der Waals surface area (Å²) in [4.78, 5) is 2.49. The molecule has 0 heterocycles. The molecule has 4 bridgehead atoms. The van der Waals surface area contributed by atoms with Gasteiger partial charge in [0.05, 0.1) is 5.69 Å². The Labute approximate surface area is 347 Å². The summed E-state index contributed by atoms with van der Waals surface area (Å²) in [5, 5.41) is 7.57. The van der Waals surface area contributed by atoms with Crippen molar-refractivity contribution in [3.63, 3.8) is 0 Å². The van der Waals surface area contributed by atoms with Gasteiger partial charge in [-0.1, -0.05) is 152 Å². The van der Waals surface area contributed by atoms with E-state index in [9.17, 15) is 0 Å². The number of fused-ring (bicyclic) bond motifs is 3. The molecule has 0 saturated heterocycles. The third-order valence-corrected chi connectivity index (χ3v) is 14.4. The van der Waals surface area contributed by atoms with Crippen LogP contribution in [0, 0.1) is 17.8 Å². The van der Waals surface area contributed by atoms with Crippen LogP contribution in [0.3, 0.4) is 0 Å². The minimum absolute atomic E-state index is 0.371. The van der Waals surface area contributed by atoms with Crippen molar-refractivity contribution in [3.05, 3.63) is 200 Å². The van der Waals surface area contributed by atoms with Gasteiger partial charge in [0.2, 0.25) is 0 Å². The Bertz CT molecular complexity index is 2970. The maximum Gasteiger partial charge on any atom is 0.0540 e. The number of hydrogen-bond acceptors (Lipinski definition) is 1. The van der Waals surface area contributed by atoms with Crippen molar-refractivity contribution in [1.29, 1.82) is 0 Å². The van der Waals surface area contributed by atoms with Crippen molar-refractivity contribution in [2.45, 2.75) is 43.9 Å². The Balaban J connectivity index is 0.953. The van der Waals surface area contributed by atoms with Crippen molar-refractivity contribution in [2.24, 2.45) is 17.8 Å². The van der Waals surface area contributed by atoms with E-state index in [0.29, 0.717) is 5.41 Å². The summed E-state index contributed by atoms with van der Waals surface area (Å²) in [6, 6.07) is 72.5. The molecule has 284 valence electrons. The molecule has 4 saturated carbocycles. The molecule has 4 aliphatic carbocycles. The lowest BCUT2D eigenvalue weighted by molar-refractivity contribution is -0.00518. The molecule has 0 atom stereocenters. The largest absolute Gasteiger partial charge is 0.310 e. The highest BCUT2D eigenvalue weighted by Gasteiger charge is 2.51. The van der Waals surface area contributed by atoms with Crippen LogP contribution in [0.2, 0.25) is 0 Å². The summed E-state index contributed by atoms with van der Waals surface area (Å²) in [7, 11) is 0. The quantitative estimate of drug-likeness (QED) is 0.156. The molecule has 0 amide bonds. The fourth-order valence-electron chi connectivity index (χ4n) is 12.1. The topological polar surface area (TPSA) is 3.24 Å². The lowest BCUT2D eigenvalue weighted by atomic mass is 9.48. The van der Waals surface area contributed by atoms with Crippen molar-refractivity contribution in [3.8, 4) is 33.4 Å². The van der Waals surface area contributed by atoms with Crippen molar-refractivity contribution < 1.29 is 0 Å². The Morgan fingerprint density at radius 2 is 0.864 bits per heavy atom. The van der Waals surface area contributed by atoms with Gasteiger partial charge >= 0.3 is 0 Å². The van der Waals surface area contributed by atoms with Gasteiger partial charge in [-0.15, -0.1) is 0 Å². The molecule has 1 heteroatoms. The van der Waals surface area contributed by atoms with Gasteiger partial charge < -0.3 is 4.90 Å². The zero-order valence-electron chi connectivity index (χ0n) is 33.4. The van der Waals surface area contributed by atoms with Gasteiger partial charge in [0, 0.05) is 16.8 Å². The molecule has 0 N–H and O–H groups in total. The van der Waals surface area contributed by atoms with Crippen molar-refractivity contribution in [2.75, 3.05) is 4.90 Å². The molecule has 0 aliphatic heterocycles. The second-order valence-corrected chi connectivity index (χ2v) is 18.0. The van der Waals surface area contributed by atoms with E-state index >= 15 is 0 Å². The van der Waals surface area contributed by atoms with Crippen LogP contribution in [0.5, 0.6) is 0 Å². The molecule has 9 aromatic rings. The summed E-state index contributed by atoms with van der Waals surface area (Å²) in [5.41, 5.74) is 13.0. The maximum atomic E-state index is 2.49. The fourth-order valence-corrected chi connectivity index (χ4v) is 12.1. The minimum Gasteiger partial charge on any atom is -0.310 e. The predicted molar refractivity (Wildman–Crippen MR) is 250 cm³/mol. The molecule has 4 fully saturated rings. The van der Waals surface area contributed by atoms with Gasteiger partial charge in [0.25, 0.3) is 0 Å². The van der Waals surface area contributed by atoms with Crippen LogP contribution in [0.1, 0.15) is 44.1 Å². The van der Waals surface area contributed by atoms with Crippen LogP contribution in [0.25, 0.3) is 65.7 Å². The highest BCUT2D eigenvalue weighted by Crippen LogP contribution is 2.61. The molecule has 0 unspecified atom stereocenters. The number of benzene rings is 9. The first-order valence-electron chi connectivity index (χ1n) is 21.7. The predicted octanol–water partition coefficient (Wildman–Crippen LogP) is 16.1. The third-order valence-electron chi connectivity index (χ3n) is 14.4. The molecule has 0 radical (unpaired) electrons. The molecule has 59 heavy (non-hydrogen) atoms. The minimum atomic E-state index is 0.371. The lowest BCUT2D eigenvalue weighted by Gasteiger charge is -2.57. The molecular formula is C58H47N. The van der Waals surface area contributed by atoms with Crippen LogP contribution in [-0.4, -0.2) is 0 Å². The van der Waals surface area contributed by atoms with Gasteiger partial charge in [-0.05, 0) is 170 Å². The van der Waals surface area contributed by atoms with Crippen LogP contribution >= 0.6 is 0 Å². The van der Waals surface area contributed by atoms with Gasteiger partial charge in [-0.25, -0.2) is 0 Å². The number of anilines is 3. The summed E-state index contributed by atoms with van der Waals surface area (Å²) in [6.07, 6.45) is 8.55. The zero-order chi connectivity index (χ0) is 38.9. The van der Waals surface area contributed by atoms with Crippen LogP contribution in [-0.2, 0) is 5.41 Å². The zero-order valence-corrected chi connectivity index (χ0v) is 33.4. The average Bonchev–Trinajstić information content (AvgIpc) is 3.29. The SMILES string of the molecule is c1ccc(-c2ccc3cc(-c4ccc(N(c5ccc(C67CC8CC(CC(C8)C6)C7)cc5)c5ccc(-c6cccc7ccccc67)c6ccccc56)cc4)ccc3c2)cc1.